The van der Waals surface area contributed by atoms with Gasteiger partial charge in [0, 0.05) is 11.3 Å². The van der Waals surface area contributed by atoms with Crippen LogP contribution in [0.1, 0.15) is 62.5 Å². The third-order valence-corrected chi connectivity index (χ3v) is 6.70. The zero-order chi connectivity index (χ0) is 22.5. The van der Waals surface area contributed by atoms with Crippen LogP contribution in [0.4, 0.5) is 10.5 Å². The van der Waals surface area contributed by atoms with Crippen LogP contribution in [0.15, 0.2) is 48.5 Å². The van der Waals surface area contributed by atoms with Gasteiger partial charge in [0.25, 0.3) is 0 Å². The molecule has 170 valence electrons. The Balaban J connectivity index is 1.27. The van der Waals surface area contributed by atoms with Crippen molar-refractivity contribution in [3.05, 3.63) is 59.7 Å². The summed E-state index contributed by atoms with van der Waals surface area (Å²) in [5.74, 6) is 2.38. The summed E-state index contributed by atoms with van der Waals surface area (Å²) in [4.78, 5) is 13.9. The highest BCUT2D eigenvalue weighted by Gasteiger charge is 2.33. The fourth-order valence-electron chi connectivity index (χ4n) is 4.86. The molecule has 2 aromatic carbocycles. The number of nitrogens with zero attached hydrogens (tertiary/aromatic N) is 1. The molecule has 1 aliphatic heterocycles. The van der Waals surface area contributed by atoms with E-state index in [2.05, 4.69) is 19.1 Å². The smallest absolute Gasteiger partial charge is 0.414 e. The molecule has 0 spiro atoms. The zero-order valence-electron chi connectivity index (χ0n) is 18.8. The number of rotatable bonds is 8. The summed E-state index contributed by atoms with van der Waals surface area (Å²) >= 11 is 0. The molecule has 1 atom stereocenters. The van der Waals surface area contributed by atoms with Gasteiger partial charge in [-0.2, -0.15) is 0 Å². The Morgan fingerprint density at radius 2 is 1.78 bits per heavy atom. The van der Waals surface area contributed by atoms with Crippen molar-refractivity contribution in [2.45, 2.75) is 57.5 Å². The van der Waals surface area contributed by atoms with Gasteiger partial charge in [-0.3, -0.25) is 10.3 Å². The molecule has 6 heteroatoms. The minimum Gasteiger partial charge on any atom is -0.490 e. The lowest BCUT2D eigenvalue weighted by Crippen LogP contribution is -2.26. The summed E-state index contributed by atoms with van der Waals surface area (Å²) in [6.07, 6.45) is 7.20. The van der Waals surface area contributed by atoms with Crippen LogP contribution in [0.2, 0.25) is 0 Å². The van der Waals surface area contributed by atoms with Crippen molar-refractivity contribution in [1.29, 1.82) is 5.41 Å². The lowest BCUT2D eigenvalue weighted by Gasteiger charge is -2.28. The highest BCUT2D eigenvalue weighted by atomic mass is 16.6. The molecule has 1 saturated heterocycles. The van der Waals surface area contributed by atoms with Gasteiger partial charge in [0.2, 0.25) is 0 Å². The molecule has 2 aromatic rings. The summed E-state index contributed by atoms with van der Waals surface area (Å²) < 4.78 is 11.4. The van der Waals surface area contributed by atoms with Gasteiger partial charge in [-0.15, -0.1) is 0 Å². The molecule has 2 fully saturated rings. The molecule has 1 unspecified atom stereocenters. The van der Waals surface area contributed by atoms with E-state index >= 15 is 0 Å². The van der Waals surface area contributed by atoms with Crippen LogP contribution in [0.25, 0.3) is 0 Å². The largest absolute Gasteiger partial charge is 0.490 e. The molecule has 0 radical (unpaired) electrons. The van der Waals surface area contributed by atoms with Crippen molar-refractivity contribution < 1.29 is 14.3 Å². The molecule has 6 nitrogen and oxygen atoms in total. The van der Waals surface area contributed by atoms with Crippen molar-refractivity contribution in [2.75, 3.05) is 18.1 Å². The van der Waals surface area contributed by atoms with Gasteiger partial charge in [0.1, 0.15) is 18.2 Å². The Hall–Kier alpha value is -3.02. The van der Waals surface area contributed by atoms with Crippen molar-refractivity contribution in [2.24, 2.45) is 11.7 Å². The number of benzene rings is 2. The second-order valence-corrected chi connectivity index (χ2v) is 8.96. The van der Waals surface area contributed by atoms with Gasteiger partial charge in [-0.25, -0.2) is 4.79 Å². The second kappa shape index (κ2) is 10.1. The van der Waals surface area contributed by atoms with E-state index < -0.39 is 0 Å². The van der Waals surface area contributed by atoms with Gasteiger partial charge >= 0.3 is 6.09 Å². The van der Waals surface area contributed by atoms with E-state index in [1.54, 1.807) is 29.2 Å². The van der Waals surface area contributed by atoms with E-state index in [-0.39, 0.29) is 18.0 Å². The zero-order valence-corrected chi connectivity index (χ0v) is 18.8. The molecule has 0 bridgehead atoms. The lowest BCUT2D eigenvalue weighted by atomic mass is 9.77. The summed E-state index contributed by atoms with van der Waals surface area (Å²) in [5, 5.41) is 7.47. The van der Waals surface area contributed by atoms with Crippen molar-refractivity contribution in [1.82, 2.24) is 0 Å². The molecule has 1 heterocycles. The first kappa shape index (κ1) is 22.2. The van der Waals surface area contributed by atoms with Gasteiger partial charge in [0.15, 0.2) is 6.10 Å². The van der Waals surface area contributed by atoms with Crippen LogP contribution in [-0.2, 0) is 4.74 Å². The van der Waals surface area contributed by atoms with Crippen LogP contribution in [0, 0.1) is 11.3 Å². The van der Waals surface area contributed by atoms with Crippen LogP contribution in [0.3, 0.4) is 0 Å². The molecule has 32 heavy (non-hydrogen) atoms. The molecule has 0 aromatic heterocycles. The lowest BCUT2D eigenvalue weighted by molar-refractivity contribution is 0.105. The molecular weight excluding hydrogens is 402 g/mol. The standard InChI is InChI=1S/C26H33N3O3/c1-2-3-18-4-6-19(7-5-18)20-10-14-23(15-11-20)31-17-24-16-29(26(30)32-24)22-12-8-21(9-13-22)25(27)28/h8-15,18-19,24H,2-7,16-17H2,1H3,(H3,27,28). The average Bonchev–Trinajstić information content (AvgIpc) is 3.19. The van der Waals surface area contributed by atoms with Crippen LogP contribution in [0.5, 0.6) is 5.75 Å². The summed E-state index contributed by atoms with van der Waals surface area (Å²) in [7, 11) is 0. The third-order valence-electron chi connectivity index (χ3n) is 6.70. The number of anilines is 1. The van der Waals surface area contributed by atoms with Crippen molar-refractivity contribution >= 4 is 17.6 Å². The molecule has 2 aliphatic rings. The number of carbonyl (C=O) groups is 1. The second-order valence-electron chi connectivity index (χ2n) is 8.96. The number of cyclic esters (lactones) is 1. The quantitative estimate of drug-likeness (QED) is 0.426. The first-order valence-corrected chi connectivity index (χ1v) is 11.7. The highest BCUT2D eigenvalue weighted by Crippen LogP contribution is 2.37. The van der Waals surface area contributed by atoms with Gasteiger partial charge in [-0.05, 0) is 79.5 Å². The van der Waals surface area contributed by atoms with Gasteiger partial charge < -0.3 is 15.2 Å². The van der Waals surface area contributed by atoms with Crippen LogP contribution < -0.4 is 15.4 Å². The topological polar surface area (TPSA) is 88.6 Å². The Kier molecular flexibility index (Phi) is 6.98. The predicted octanol–water partition coefficient (Wildman–Crippen LogP) is 5.45. The summed E-state index contributed by atoms with van der Waals surface area (Å²) in [5.41, 5.74) is 8.24. The summed E-state index contributed by atoms with van der Waals surface area (Å²) in [6, 6.07) is 15.4. The van der Waals surface area contributed by atoms with Gasteiger partial charge in [0.05, 0.1) is 6.54 Å². The van der Waals surface area contributed by atoms with Gasteiger partial charge in [-0.1, -0.05) is 31.9 Å². The Morgan fingerprint density at radius 3 is 2.41 bits per heavy atom. The molecule has 4 rings (SSSR count). The van der Waals surface area contributed by atoms with Crippen LogP contribution >= 0.6 is 0 Å². The number of nitrogen functional groups attached to an aromatic ring is 1. The molecule has 1 aliphatic carbocycles. The van der Waals surface area contributed by atoms with E-state index in [0.717, 1.165) is 17.4 Å². The predicted molar refractivity (Wildman–Crippen MR) is 127 cm³/mol. The van der Waals surface area contributed by atoms with Crippen molar-refractivity contribution in [3.63, 3.8) is 0 Å². The number of hydrogen-bond donors (Lipinski definition) is 2. The monoisotopic (exact) mass is 435 g/mol. The Bertz CT molecular complexity index is 918. The fourth-order valence-corrected chi connectivity index (χ4v) is 4.86. The maximum absolute atomic E-state index is 12.3. The first-order chi connectivity index (χ1) is 15.5. The number of nitrogens with two attached hydrogens (primary N) is 1. The van der Waals surface area contributed by atoms with E-state index in [1.807, 2.05) is 12.1 Å². The maximum atomic E-state index is 12.3. The average molecular weight is 436 g/mol. The number of carbonyl (C=O) groups excluding carboxylic acids is 1. The number of ether oxygens (including phenoxy) is 2. The SMILES string of the molecule is CCCC1CCC(c2ccc(OCC3CN(c4ccc(C(=N)N)cc4)C(=O)O3)cc2)CC1. The van der Waals surface area contributed by atoms with E-state index in [4.69, 9.17) is 20.6 Å². The van der Waals surface area contributed by atoms with Crippen molar-refractivity contribution in [3.8, 4) is 5.75 Å². The number of amides is 1. The number of nitrogens with one attached hydrogen (secondary N) is 1. The minimum absolute atomic E-state index is 0.00187. The van der Waals surface area contributed by atoms with E-state index in [0.29, 0.717) is 24.6 Å². The first-order valence-electron chi connectivity index (χ1n) is 11.7. The number of amidine groups is 1. The molecular formula is C26H33N3O3. The molecule has 1 amide bonds. The molecule has 3 N–H and O–H groups in total. The highest BCUT2D eigenvalue weighted by molar-refractivity contribution is 5.96. The van der Waals surface area contributed by atoms with E-state index in [1.165, 1.54) is 44.1 Å². The third kappa shape index (κ3) is 5.23. The Labute approximate surface area is 190 Å². The van der Waals surface area contributed by atoms with Crippen LogP contribution in [-0.4, -0.2) is 31.2 Å². The van der Waals surface area contributed by atoms with E-state index in [9.17, 15) is 4.79 Å². The normalized spacial score (nSPS) is 23.1. The minimum atomic E-state index is -0.386. The maximum Gasteiger partial charge on any atom is 0.414 e. The fraction of sp³-hybridized carbons (Fsp3) is 0.462. The molecule has 1 saturated carbocycles. The number of hydrogen-bond acceptors (Lipinski definition) is 4. The Morgan fingerprint density at radius 1 is 1.09 bits per heavy atom. The summed E-state index contributed by atoms with van der Waals surface area (Å²) in [6.45, 7) is 3.02.